The second-order valence-electron chi connectivity index (χ2n) is 8.24. The lowest BCUT2D eigenvalue weighted by atomic mass is 9.45. The molecular formula is C21H28O4. The van der Waals surface area contributed by atoms with Gasteiger partial charge >= 0.3 is 5.97 Å². The predicted octanol–water partition coefficient (Wildman–Crippen LogP) is 3.81. The van der Waals surface area contributed by atoms with E-state index < -0.39 is 0 Å². The first-order chi connectivity index (χ1) is 11.8. The maximum Gasteiger partial charge on any atom is 0.313 e. The molecule has 0 radical (unpaired) electrons. The Bertz CT molecular complexity index is 646. The molecule has 1 aromatic rings. The van der Waals surface area contributed by atoms with E-state index in [2.05, 4.69) is 26.0 Å². The molecule has 0 aliphatic heterocycles. The number of hydrogen-bond donors (Lipinski definition) is 0. The molecule has 0 aromatic heterocycles. The average molecular weight is 344 g/mol. The number of carbonyl (C=O) groups excluding carboxylic acids is 2. The van der Waals surface area contributed by atoms with Crippen molar-refractivity contribution in [1.29, 1.82) is 0 Å². The summed E-state index contributed by atoms with van der Waals surface area (Å²) in [6.45, 7) is 5.99. The van der Waals surface area contributed by atoms with E-state index in [0.717, 1.165) is 25.0 Å². The smallest absolute Gasteiger partial charge is 0.313 e. The van der Waals surface area contributed by atoms with Crippen LogP contribution < -0.4 is 4.74 Å². The maximum absolute atomic E-state index is 12.1. The third kappa shape index (κ3) is 3.58. The fourth-order valence-corrected chi connectivity index (χ4v) is 4.68. The van der Waals surface area contributed by atoms with Gasteiger partial charge in [0.05, 0.1) is 7.11 Å². The Morgan fingerprint density at radius 3 is 2.40 bits per heavy atom. The summed E-state index contributed by atoms with van der Waals surface area (Å²) in [5.74, 6) is 1.74. The molecule has 3 saturated carbocycles. The molecule has 3 aliphatic carbocycles. The van der Waals surface area contributed by atoms with Gasteiger partial charge in [-0.05, 0) is 55.2 Å². The minimum Gasteiger partial charge on any atom is -0.497 e. The molecule has 3 fully saturated rings. The zero-order valence-corrected chi connectivity index (χ0v) is 15.6. The second-order valence-corrected chi connectivity index (χ2v) is 8.24. The Balaban J connectivity index is 1.73. The topological polar surface area (TPSA) is 52.6 Å². The lowest BCUT2D eigenvalue weighted by molar-refractivity contribution is -0.198. The molecule has 3 aliphatic rings. The van der Waals surface area contributed by atoms with E-state index in [0.29, 0.717) is 17.8 Å². The third-order valence-electron chi connectivity index (χ3n) is 6.31. The van der Waals surface area contributed by atoms with Gasteiger partial charge in [0.15, 0.2) is 0 Å². The highest BCUT2D eigenvalue weighted by Gasteiger charge is 2.59. The molecule has 136 valence electrons. The van der Waals surface area contributed by atoms with Gasteiger partial charge in [-0.3, -0.25) is 9.59 Å². The standard InChI is InChI=1S/C21H28O4/c1-13(22)9-19(23)25-20-15(11-16-12-18(20)21(16,2)3)10-14-5-7-17(24-4)8-6-14/h5-8,15-16,18,20H,9-12H2,1-4H3/t15-,16+,18+,20-/m1/s1. The number of esters is 1. The molecule has 0 unspecified atom stereocenters. The molecule has 25 heavy (non-hydrogen) atoms. The minimum absolute atomic E-state index is 0.0889. The first kappa shape index (κ1) is 18.0. The molecule has 2 bridgehead atoms. The van der Waals surface area contributed by atoms with Gasteiger partial charge in [0.2, 0.25) is 0 Å². The third-order valence-corrected chi connectivity index (χ3v) is 6.31. The van der Waals surface area contributed by atoms with Gasteiger partial charge in [-0.1, -0.05) is 26.0 Å². The highest BCUT2D eigenvalue weighted by atomic mass is 16.5. The second kappa shape index (κ2) is 6.81. The van der Waals surface area contributed by atoms with E-state index in [4.69, 9.17) is 9.47 Å². The van der Waals surface area contributed by atoms with Crippen LogP contribution in [-0.2, 0) is 20.7 Å². The zero-order chi connectivity index (χ0) is 18.2. The van der Waals surface area contributed by atoms with Crippen LogP contribution in [0.1, 0.15) is 45.6 Å². The van der Waals surface area contributed by atoms with Crippen molar-refractivity contribution >= 4 is 11.8 Å². The lowest BCUT2D eigenvalue weighted by Crippen LogP contribution is -2.59. The first-order valence-corrected chi connectivity index (χ1v) is 9.13. The highest BCUT2D eigenvalue weighted by molar-refractivity contribution is 5.94. The summed E-state index contributed by atoms with van der Waals surface area (Å²) in [5, 5.41) is 0. The van der Waals surface area contributed by atoms with Crippen LogP contribution >= 0.6 is 0 Å². The van der Waals surface area contributed by atoms with Gasteiger partial charge in [-0.2, -0.15) is 0 Å². The van der Waals surface area contributed by atoms with Crippen LogP contribution in [0.3, 0.4) is 0 Å². The first-order valence-electron chi connectivity index (χ1n) is 9.13. The summed E-state index contributed by atoms with van der Waals surface area (Å²) in [6, 6.07) is 8.11. The molecule has 0 saturated heterocycles. The Kier molecular flexibility index (Phi) is 4.90. The van der Waals surface area contributed by atoms with Crippen LogP contribution in [0.2, 0.25) is 0 Å². The molecule has 1 aromatic carbocycles. The number of ether oxygens (including phenoxy) is 2. The molecule has 4 heteroatoms. The molecule has 0 heterocycles. The largest absolute Gasteiger partial charge is 0.497 e. The van der Waals surface area contributed by atoms with Gasteiger partial charge in [-0.25, -0.2) is 0 Å². The van der Waals surface area contributed by atoms with Crippen molar-refractivity contribution in [2.24, 2.45) is 23.2 Å². The zero-order valence-electron chi connectivity index (χ0n) is 15.6. The number of fused-ring (bicyclic) bond motifs is 2. The molecule has 0 amide bonds. The summed E-state index contributed by atoms with van der Waals surface area (Å²) < 4.78 is 11.1. The predicted molar refractivity (Wildman–Crippen MR) is 95.4 cm³/mol. The van der Waals surface area contributed by atoms with Crippen molar-refractivity contribution in [2.45, 2.75) is 52.6 Å². The van der Waals surface area contributed by atoms with Gasteiger partial charge < -0.3 is 9.47 Å². The summed E-state index contributed by atoms with van der Waals surface area (Å²) in [6.07, 6.45) is 2.89. The van der Waals surface area contributed by atoms with E-state index in [9.17, 15) is 9.59 Å². The fourth-order valence-electron chi connectivity index (χ4n) is 4.68. The van der Waals surface area contributed by atoms with Crippen LogP contribution in [-0.4, -0.2) is 25.0 Å². The van der Waals surface area contributed by atoms with Crippen LogP contribution in [0, 0.1) is 23.2 Å². The monoisotopic (exact) mass is 344 g/mol. The number of benzene rings is 1. The van der Waals surface area contributed by atoms with Crippen molar-refractivity contribution in [3.05, 3.63) is 29.8 Å². The van der Waals surface area contributed by atoms with Gasteiger partial charge in [0.1, 0.15) is 24.1 Å². The van der Waals surface area contributed by atoms with E-state index in [1.807, 2.05) is 12.1 Å². The highest BCUT2D eigenvalue weighted by Crippen LogP contribution is 2.61. The van der Waals surface area contributed by atoms with Crippen LogP contribution in [0.25, 0.3) is 0 Å². The SMILES string of the molecule is COc1ccc(C[C@@H]2C[C@H]3C[C@@H]([C@@H]2OC(=O)CC(C)=O)C3(C)C)cc1. The number of methoxy groups -OCH3 is 1. The van der Waals surface area contributed by atoms with Crippen molar-refractivity contribution in [3.63, 3.8) is 0 Å². The van der Waals surface area contributed by atoms with Crippen molar-refractivity contribution in [1.82, 2.24) is 0 Å². The van der Waals surface area contributed by atoms with Crippen LogP contribution in [0.15, 0.2) is 24.3 Å². The van der Waals surface area contributed by atoms with E-state index in [1.165, 1.54) is 12.5 Å². The summed E-state index contributed by atoms with van der Waals surface area (Å²) >= 11 is 0. The Morgan fingerprint density at radius 1 is 1.16 bits per heavy atom. The summed E-state index contributed by atoms with van der Waals surface area (Å²) in [7, 11) is 1.66. The number of ketones is 1. The van der Waals surface area contributed by atoms with Crippen molar-refractivity contribution in [3.8, 4) is 5.75 Å². The molecule has 0 spiro atoms. The van der Waals surface area contributed by atoms with Gasteiger partial charge in [0.25, 0.3) is 0 Å². The molecule has 4 rings (SSSR count). The number of carbonyl (C=O) groups is 2. The lowest BCUT2D eigenvalue weighted by Gasteiger charge is -2.61. The molecule has 0 N–H and O–H groups in total. The quantitative estimate of drug-likeness (QED) is 0.582. The van der Waals surface area contributed by atoms with Crippen molar-refractivity contribution < 1.29 is 19.1 Å². The van der Waals surface area contributed by atoms with Crippen LogP contribution in [0.5, 0.6) is 5.75 Å². The van der Waals surface area contributed by atoms with Crippen molar-refractivity contribution in [2.75, 3.05) is 7.11 Å². The maximum atomic E-state index is 12.1. The van der Waals surface area contributed by atoms with Crippen LogP contribution in [0.4, 0.5) is 0 Å². The fraction of sp³-hybridized carbons (Fsp3) is 0.619. The number of rotatable bonds is 6. The van der Waals surface area contributed by atoms with Gasteiger partial charge in [-0.15, -0.1) is 0 Å². The van der Waals surface area contributed by atoms with E-state index >= 15 is 0 Å². The Labute approximate surface area is 149 Å². The minimum atomic E-state index is -0.376. The Morgan fingerprint density at radius 2 is 1.84 bits per heavy atom. The summed E-state index contributed by atoms with van der Waals surface area (Å²) in [5.41, 5.74) is 1.45. The molecule has 4 atom stereocenters. The van der Waals surface area contributed by atoms with E-state index in [-0.39, 0.29) is 29.7 Å². The summed E-state index contributed by atoms with van der Waals surface area (Å²) in [4.78, 5) is 23.4. The number of hydrogen-bond acceptors (Lipinski definition) is 4. The number of Topliss-reactive ketones (excluding diaryl/α,β-unsaturated/α-hetero) is 1. The average Bonchev–Trinajstić information content (AvgIpc) is 2.55. The normalized spacial score (nSPS) is 29.4. The van der Waals surface area contributed by atoms with Gasteiger partial charge in [0, 0.05) is 11.8 Å². The molecule has 4 nitrogen and oxygen atoms in total. The van der Waals surface area contributed by atoms with E-state index in [1.54, 1.807) is 7.11 Å². The molecular weight excluding hydrogens is 316 g/mol. The Hall–Kier alpha value is -1.84.